The number of carbonyl (C=O) groups excluding carboxylic acids is 2. The molecule has 0 spiro atoms. The van der Waals surface area contributed by atoms with E-state index in [0.717, 1.165) is 84.3 Å². The van der Waals surface area contributed by atoms with Crippen molar-refractivity contribution in [3.05, 3.63) is 0 Å². The van der Waals surface area contributed by atoms with E-state index in [4.69, 9.17) is 0 Å². The highest BCUT2D eigenvalue weighted by molar-refractivity contribution is 5.79. The van der Waals surface area contributed by atoms with Gasteiger partial charge in [0.1, 0.15) is 0 Å². The first-order valence-corrected chi connectivity index (χ1v) is 12.2. The predicted molar refractivity (Wildman–Crippen MR) is 117 cm³/mol. The maximum absolute atomic E-state index is 12.8. The largest absolute Gasteiger partial charge is 0.353 e. The molecule has 2 saturated carbocycles. The van der Waals surface area contributed by atoms with Gasteiger partial charge in [0, 0.05) is 63.8 Å². The van der Waals surface area contributed by atoms with Gasteiger partial charge in [0.2, 0.25) is 5.91 Å². The van der Waals surface area contributed by atoms with Crippen LogP contribution in [0.3, 0.4) is 0 Å². The summed E-state index contributed by atoms with van der Waals surface area (Å²) in [6.07, 6.45) is 10.1. The normalized spacial score (nSPS) is 31.9. The minimum atomic E-state index is 0.0636. The molecule has 2 saturated heterocycles. The highest BCUT2D eigenvalue weighted by Gasteiger charge is 2.30. The van der Waals surface area contributed by atoms with E-state index >= 15 is 0 Å². The van der Waals surface area contributed by atoms with Crippen molar-refractivity contribution in [2.45, 2.75) is 76.0 Å². The molecule has 4 N–H and O–H groups in total. The number of nitrogens with one attached hydrogen (secondary N) is 4. The van der Waals surface area contributed by atoms with Crippen molar-refractivity contribution in [2.24, 2.45) is 5.92 Å². The van der Waals surface area contributed by atoms with Crippen molar-refractivity contribution in [3.63, 3.8) is 0 Å². The van der Waals surface area contributed by atoms with Crippen LogP contribution in [0.15, 0.2) is 0 Å². The molecule has 0 aromatic heterocycles. The van der Waals surface area contributed by atoms with Crippen LogP contribution in [0, 0.1) is 5.92 Å². The Morgan fingerprint density at radius 3 is 2.23 bits per heavy atom. The average Bonchev–Trinajstić information content (AvgIpc) is 2.80. The van der Waals surface area contributed by atoms with Crippen molar-refractivity contribution in [2.75, 3.05) is 45.8 Å². The standard InChI is InChI=1S/C22H40N6O2/c29-21(17-5-2-1-3-6-17)25-18-7-4-8-19(15-18)26-22(30)28-13-11-27(12-14-28)20-16-23-9-10-24-20/h17-20,23-24H,1-16H2,(H,25,29)(H,26,30). The van der Waals surface area contributed by atoms with Crippen LogP contribution in [0.1, 0.15) is 57.8 Å². The Hall–Kier alpha value is -1.38. The zero-order chi connectivity index (χ0) is 20.8. The van der Waals surface area contributed by atoms with Gasteiger partial charge in [-0.05, 0) is 38.5 Å². The summed E-state index contributed by atoms with van der Waals surface area (Å²) in [4.78, 5) is 29.8. The van der Waals surface area contributed by atoms with Crippen LogP contribution in [-0.2, 0) is 4.79 Å². The van der Waals surface area contributed by atoms with E-state index in [1.54, 1.807) is 0 Å². The summed E-state index contributed by atoms with van der Waals surface area (Å²) in [5.41, 5.74) is 0. The van der Waals surface area contributed by atoms with E-state index in [1.165, 1.54) is 19.3 Å². The minimum Gasteiger partial charge on any atom is -0.353 e. The Morgan fingerprint density at radius 1 is 0.800 bits per heavy atom. The lowest BCUT2D eigenvalue weighted by Crippen LogP contribution is -2.62. The maximum atomic E-state index is 12.8. The summed E-state index contributed by atoms with van der Waals surface area (Å²) in [6, 6.07) is 0.444. The molecule has 2 aliphatic carbocycles. The second-order valence-electron chi connectivity index (χ2n) is 9.55. The highest BCUT2D eigenvalue weighted by atomic mass is 16.2. The molecule has 170 valence electrons. The average molecular weight is 421 g/mol. The van der Waals surface area contributed by atoms with Crippen LogP contribution in [0.2, 0.25) is 0 Å². The second-order valence-corrected chi connectivity index (χ2v) is 9.55. The van der Waals surface area contributed by atoms with Crippen LogP contribution in [0.5, 0.6) is 0 Å². The van der Waals surface area contributed by atoms with Gasteiger partial charge >= 0.3 is 6.03 Å². The fourth-order valence-electron chi connectivity index (χ4n) is 5.53. The van der Waals surface area contributed by atoms with Gasteiger partial charge in [0.15, 0.2) is 0 Å². The second kappa shape index (κ2) is 10.8. The highest BCUT2D eigenvalue weighted by Crippen LogP contribution is 2.25. The summed E-state index contributed by atoms with van der Waals surface area (Å²) in [5.74, 6) is 0.451. The van der Waals surface area contributed by atoms with E-state index in [2.05, 4.69) is 26.2 Å². The lowest BCUT2D eigenvalue weighted by atomic mass is 9.87. The molecular weight excluding hydrogens is 380 g/mol. The molecule has 0 aromatic rings. The topological polar surface area (TPSA) is 88.7 Å². The first-order valence-electron chi connectivity index (χ1n) is 12.2. The quantitative estimate of drug-likeness (QED) is 0.541. The third-order valence-corrected chi connectivity index (χ3v) is 7.39. The van der Waals surface area contributed by atoms with Crippen LogP contribution < -0.4 is 21.3 Å². The van der Waals surface area contributed by atoms with Crippen molar-refractivity contribution < 1.29 is 9.59 Å². The molecule has 8 nitrogen and oxygen atoms in total. The molecule has 3 amide bonds. The van der Waals surface area contributed by atoms with Gasteiger partial charge < -0.3 is 20.9 Å². The number of amides is 3. The predicted octanol–water partition coefficient (Wildman–Crippen LogP) is 0.840. The third-order valence-electron chi connectivity index (χ3n) is 7.39. The molecule has 2 heterocycles. The summed E-state index contributed by atoms with van der Waals surface area (Å²) >= 11 is 0. The van der Waals surface area contributed by atoms with Crippen molar-refractivity contribution >= 4 is 11.9 Å². The van der Waals surface area contributed by atoms with Gasteiger partial charge in [0.05, 0.1) is 6.17 Å². The molecule has 2 aliphatic heterocycles. The van der Waals surface area contributed by atoms with Crippen LogP contribution in [0.4, 0.5) is 4.79 Å². The first-order chi connectivity index (χ1) is 14.7. The van der Waals surface area contributed by atoms with Gasteiger partial charge in [-0.2, -0.15) is 0 Å². The maximum Gasteiger partial charge on any atom is 0.317 e. The zero-order valence-electron chi connectivity index (χ0n) is 18.3. The Morgan fingerprint density at radius 2 is 1.53 bits per heavy atom. The molecule has 0 bridgehead atoms. The van der Waals surface area contributed by atoms with Gasteiger partial charge in [-0.3, -0.25) is 15.0 Å². The Kier molecular flexibility index (Phi) is 7.84. The van der Waals surface area contributed by atoms with E-state index in [0.29, 0.717) is 6.17 Å². The molecule has 30 heavy (non-hydrogen) atoms. The summed E-state index contributed by atoms with van der Waals surface area (Å²) in [6.45, 7) is 6.39. The van der Waals surface area contributed by atoms with Gasteiger partial charge in [0.25, 0.3) is 0 Å². The zero-order valence-corrected chi connectivity index (χ0v) is 18.3. The van der Waals surface area contributed by atoms with Crippen LogP contribution >= 0.6 is 0 Å². The van der Waals surface area contributed by atoms with Gasteiger partial charge in [-0.15, -0.1) is 0 Å². The van der Waals surface area contributed by atoms with Crippen molar-refractivity contribution in [3.8, 4) is 0 Å². The summed E-state index contributed by atoms with van der Waals surface area (Å²) in [5, 5.41) is 13.5. The molecule has 0 radical (unpaired) electrons. The number of carbonyl (C=O) groups is 2. The van der Waals surface area contributed by atoms with Gasteiger partial charge in [-0.25, -0.2) is 4.79 Å². The fourth-order valence-corrected chi connectivity index (χ4v) is 5.53. The molecular formula is C22H40N6O2. The van der Waals surface area contributed by atoms with E-state index in [-0.39, 0.29) is 29.9 Å². The fraction of sp³-hybridized carbons (Fsp3) is 0.909. The number of hydrogen-bond donors (Lipinski definition) is 4. The Balaban J connectivity index is 1.18. The molecule has 3 atom stereocenters. The minimum absolute atomic E-state index is 0.0636. The lowest BCUT2D eigenvalue weighted by Gasteiger charge is -2.41. The third kappa shape index (κ3) is 5.86. The summed E-state index contributed by atoms with van der Waals surface area (Å²) in [7, 11) is 0. The molecule has 4 fully saturated rings. The lowest BCUT2D eigenvalue weighted by molar-refractivity contribution is -0.126. The van der Waals surface area contributed by atoms with Crippen molar-refractivity contribution in [1.82, 2.24) is 31.1 Å². The molecule has 3 unspecified atom stereocenters. The van der Waals surface area contributed by atoms with Gasteiger partial charge in [-0.1, -0.05) is 19.3 Å². The van der Waals surface area contributed by atoms with E-state index in [9.17, 15) is 9.59 Å². The first kappa shape index (κ1) is 21.8. The Labute approximate surface area is 180 Å². The number of rotatable bonds is 4. The van der Waals surface area contributed by atoms with E-state index < -0.39 is 0 Å². The number of nitrogens with zero attached hydrogens (tertiary/aromatic N) is 2. The smallest absolute Gasteiger partial charge is 0.317 e. The van der Waals surface area contributed by atoms with E-state index in [1.807, 2.05) is 4.90 Å². The molecule has 4 aliphatic rings. The molecule has 0 aromatic carbocycles. The monoisotopic (exact) mass is 420 g/mol. The number of urea groups is 1. The van der Waals surface area contributed by atoms with Crippen LogP contribution in [-0.4, -0.2) is 85.8 Å². The molecule has 8 heteroatoms. The van der Waals surface area contributed by atoms with Crippen molar-refractivity contribution in [1.29, 1.82) is 0 Å². The number of hydrogen-bond acceptors (Lipinski definition) is 5. The molecule has 4 rings (SSSR count). The SMILES string of the molecule is O=C(NC1CCCC(NC(=O)N2CCN(C3CNCCN3)CC2)C1)C1CCCCC1. The number of piperazine rings is 2. The summed E-state index contributed by atoms with van der Waals surface area (Å²) < 4.78 is 0. The van der Waals surface area contributed by atoms with Crippen LogP contribution in [0.25, 0.3) is 0 Å². The Bertz CT molecular complexity index is 568.